The molecule has 0 heterocycles. The van der Waals surface area contributed by atoms with Crippen molar-refractivity contribution in [3.8, 4) is 11.8 Å². The predicted molar refractivity (Wildman–Crippen MR) is 79.1 cm³/mol. The second-order valence-electron chi connectivity index (χ2n) is 4.16. The van der Waals surface area contributed by atoms with Crippen LogP contribution in [0.3, 0.4) is 0 Å². The van der Waals surface area contributed by atoms with Gasteiger partial charge >= 0.3 is 5.97 Å². The molecule has 0 aromatic heterocycles. The molecule has 1 aromatic carbocycles. The summed E-state index contributed by atoms with van der Waals surface area (Å²) in [6, 6.07) is 6.52. The first-order valence-electron chi connectivity index (χ1n) is 6.19. The van der Waals surface area contributed by atoms with Crippen LogP contribution in [0, 0.1) is 11.3 Å². The summed E-state index contributed by atoms with van der Waals surface area (Å²) in [7, 11) is 1.51. The number of nitriles is 1. The van der Waals surface area contributed by atoms with Crippen molar-refractivity contribution < 1.29 is 19.4 Å². The van der Waals surface area contributed by atoms with Crippen LogP contribution in [0.15, 0.2) is 18.2 Å². The summed E-state index contributed by atoms with van der Waals surface area (Å²) < 4.78 is 5.13. The zero-order valence-corrected chi connectivity index (χ0v) is 12.4. The average Bonchev–Trinajstić information content (AvgIpc) is 2.49. The third kappa shape index (κ3) is 5.36. The molecule has 0 bridgehead atoms. The van der Waals surface area contributed by atoms with E-state index < -0.39 is 12.0 Å². The molecule has 0 spiro atoms. The van der Waals surface area contributed by atoms with Gasteiger partial charge in [0.15, 0.2) is 0 Å². The summed E-state index contributed by atoms with van der Waals surface area (Å²) in [4.78, 5) is 21.1. The largest absolute Gasteiger partial charge is 0.495 e. The van der Waals surface area contributed by atoms with Crippen LogP contribution in [0.25, 0.3) is 0 Å². The Bertz CT molecular complexity index is 542. The molecule has 0 aliphatic carbocycles. The zero-order valence-electron chi connectivity index (χ0n) is 11.5. The summed E-state index contributed by atoms with van der Waals surface area (Å²) >= 11 is 1.55. The number of carboxylic acid groups (broad SMARTS) is 1. The molecule has 0 aliphatic rings. The van der Waals surface area contributed by atoms with Crippen LogP contribution in [0.4, 0.5) is 0 Å². The second kappa shape index (κ2) is 8.87. The Morgan fingerprint density at radius 3 is 2.95 bits per heavy atom. The number of amides is 1. The van der Waals surface area contributed by atoms with Crippen LogP contribution in [0.1, 0.15) is 17.5 Å². The smallest absolute Gasteiger partial charge is 0.326 e. The normalized spacial score (nSPS) is 11.2. The van der Waals surface area contributed by atoms with Crippen LogP contribution in [0.2, 0.25) is 0 Å². The zero-order chi connectivity index (χ0) is 15.7. The molecule has 1 rings (SSSR count). The maximum Gasteiger partial charge on any atom is 0.326 e. The number of methoxy groups -OCH3 is 1. The molecule has 6 nitrogen and oxygen atoms in total. The molecule has 0 saturated carbocycles. The van der Waals surface area contributed by atoms with Gasteiger partial charge in [-0.15, -0.1) is 0 Å². The van der Waals surface area contributed by atoms with E-state index in [2.05, 4.69) is 5.32 Å². The van der Waals surface area contributed by atoms with E-state index >= 15 is 0 Å². The predicted octanol–water partition coefficient (Wildman–Crippen LogP) is 1.39. The Kier molecular flexibility index (Phi) is 7.12. The average molecular weight is 308 g/mol. The molecule has 0 aliphatic heterocycles. The molecular weight excluding hydrogens is 292 g/mol. The van der Waals surface area contributed by atoms with Gasteiger partial charge < -0.3 is 15.2 Å². The Labute approximate surface area is 127 Å². The molecule has 21 heavy (non-hydrogen) atoms. The quantitative estimate of drug-likeness (QED) is 0.528. The van der Waals surface area contributed by atoms with Gasteiger partial charge in [0.2, 0.25) is 6.41 Å². The van der Waals surface area contributed by atoms with Gasteiger partial charge in [-0.1, -0.05) is 6.07 Å². The van der Waals surface area contributed by atoms with E-state index in [9.17, 15) is 9.59 Å². The second-order valence-corrected chi connectivity index (χ2v) is 5.27. The number of nitrogens with zero attached hydrogens (tertiary/aromatic N) is 1. The lowest BCUT2D eigenvalue weighted by Crippen LogP contribution is -2.36. The first-order chi connectivity index (χ1) is 10.1. The fourth-order valence-electron chi connectivity index (χ4n) is 1.67. The number of benzene rings is 1. The number of carboxylic acids is 1. The molecule has 1 amide bonds. The number of ether oxygens (including phenoxy) is 1. The molecule has 1 atom stereocenters. The summed E-state index contributed by atoms with van der Waals surface area (Å²) in [5.41, 5.74) is 1.47. The molecule has 0 saturated heterocycles. The van der Waals surface area contributed by atoms with E-state index in [1.807, 2.05) is 12.1 Å². The van der Waals surface area contributed by atoms with Crippen molar-refractivity contribution in [2.45, 2.75) is 18.2 Å². The summed E-state index contributed by atoms with van der Waals surface area (Å²) in [6.07, 6.45) is 0.751. The topological polar surface area (TPSA) is 99.4 Å². The minimum Gasteiger partial charge on any atom is -0.495 e. The fourth-order valence-corrected chi connectivity index (χ4v) is 2.63. The Balaban J connectivity index is 2.47. The number of carbonyl (C=O) groups is 2. The van der Waals surface area contributed by atoms with Crippen LogP contribution < -0.4 is 10.1 Å². The molecule has 1 aromatic rings. The minimum absolute atomic E-state index is 0.353. The minimum atomic E-state index is -1.04. The standard InChI is InChI=1S/C14H16N2O4S/c1-20-13-6-10(2-3-11(13)7-15)8-21-5-4-12(14(18)19)16-9-17/h2-3,6,9,12H,4-5,8H2,1H3,(H,16,17)(H,18,19). The van der Waals surface area contributed by atoms with E-state index in [0.717, 1.165) is 5.56 Å². The third-order valence-electron chi connectivity index (χ3n) is 2.77. The lowest BCUT2D eigenvalue weighted by molar-refractivity contribution is -0.140. The Morgan fingerprint density at radius 1 is 1.62 bits per heavy atom. The number of carbonyl (C=O) groups excluding carboxylic acids is 1. The molecule has 112 valence electrons. The maximum absolute atomic E-state index is 10.8. The highest BCUT2D eigenvalue weighted by Crippen LogP contribution is 2.22. The van der Waals surface area contributed by atoms with Crippen molar-refractivity contribution in [2.75, 3.05) is 12.9 Å². The van der Waals surface area contributed by atoms with Gasteiger partial charge in [-0.25, -0.2) is 4.79 Å². The van der Waals surface area contributed by atoms with Crippen molar-refractivity contribution in [2.24, 2.45) is 0 Å². The Morgan fingerprint density at radius 2 is 2.38 bits per heavy atom. The monoisotopic (exact) mass is 308 g/mol. The highest BCUT2D eigenvalue weighted by Gasteiger charge is 2.15. The van der Waals surface area contributed by atoms with Crippen molar-refractivity contribution >= 4 is 24.1 Å². The Hall–Kier alpha value is -2.20. The van der Waals surface area contributed by atoms with Gasteiger partial charge in [0.25, 0.3) is 0 Å². The van der Waals surface area contributed by atoms with Gasteiger partial charge in [0.05, 0.1) is 12.7 Å². The lowest BCUT2D eigenvalue weighted by Gasteiger charge is -2.11. The van der Waals surface area contributed by atoms with E-state index in [0.29, 0.717) is 35.6 Å². The lowest BCUT2D eigenvalue weighted by atomic mass is 10.1. The van der Waals surface area contributed by atoms with Crippen LogP contribution >= 0.6 is 11.8 Å². The van der Waals surface area contributed by atoms with Crippen molar-refractivity contribution in [3.63, 3.8) is 0 Å². The van der Waals surface area contributed by atoms with Crippen LogP contribution in [-0.2, 0) is 15.3 Å². The first kappa shape index (κ1) is 16.9. The van der Waals surface area contributed by atoms with E-state index in [4.69, 9.17) is 15.1 Å². The molecule has 2 N–H and O–H groups in total. The number of nitrogens with one attached hydrogen (secondary N) is 1. The number of hydrogen-bond donors (Lipinski definition) is 2. The van der Waals surface area contributed by atoms with Gasteiger partial charge in [-0.3, -0.25) is 4.79 Å². The number of hydrogen-bond acceptors (Lipinski definition) is 5. The van der Waals surface area contributed by atoms with Gasteiger partial charge in [0, 0.05) is 5.75 Å². The van der Waals surface area contributed by atoms with Crippen LogP contribution in [0.5, 0.6) is 5.75 Å². The van der Waals surface area contributed by atoms with Crippen molar-refractivity contribution in [1.82, 2.24) is 5.32 Å². The first-order valence-corrected chi connectivity index (χ1v) is 7.35. The van der Waals surface area contributed by atoms with Gasteiger partial charge in [-0.2, -0.15) is 17.0 Å². The van der Waals surface area contributed by atoms with Gasteiger partial charge in [-0.05, 0) is 29.9 Å². The summed E-state index contributed by atoms with van der Waals surface area (Å²) in [6.45, 7) is 0. The highest BCUT2D eigenvalue weighted by molar-refractivity contribution is 7.98. The summed E-state index contributed by atoms with van der Waals surface area (Å²) in [5.74, 6) is 0.764. The fraction of sp³-hybridized carbons (Fsp3) is 0.357. The van der Waals surface area contributed by atoms with Crippen LogP contribution in [-0.4, -0.2) is 36.4 Å². The van der Waals surface area contributed by atoms with Gasteiger partial charge in [0.1, 0.15) is 17.9 Å². The SMILES string of the molecule is COc1cc(CSCCC(NC=O)C(=O)O)ccc1C#N. The van der Waals surface area contributed by atoms with Crippen molar-refractivity contribution in [1.29, 1.82) is 5.26 Å². The van der Waals surface area contributed by atoms with E-state index in [-0.39, 0.29) is 0 Å². The van der Waals surface area contributed by atoms with E-state index in [1.165, 1.54) is 7.11 Å². The summed E-state index contributed by atoms with van der Waals surface area (Å²) in [5, 5.41) is 20.0. The number of aliphatic carboxylic acids is 1. The van der Waals surface area contributed by atoms with Crippen molar-refractivity contribution in [3.05, 3.63) is 29.3 Å². The van der Waals surface area contributed by atoms with E-state index in [1.54, 1.807) is 23.9 Å². The number of thioether (sulfide) groups is 1. The molecule has 1 unspecified atom stereocenters. The molecular formula is C14H16N2O4S. The highest BCUT2D eigenvalue weighted by atomic mass is 32.2. The maximum atomic E-state index is 10.8. The number of rotatable bonds is 9. The third-order valence-corrected chi connectivity index (χ3v) is 3.84. The molecule has 7 heteroatoms. The molecule has 0 fully saturated rings. The molecule has 0 radical (unpaired) electrons.